The molecule has 0 saturated carbocycles. The summed E-state index contributed by atoms with van der Waals surface area (Å²) in [4.78, 5) is 7.59. The summed E-state index contributed by atoms with van der Waals surface area (Å²) in [5.74, 6) is 2.11. The van der Waals surface area contributed by atoms with Gasteiger partial charge in [-0.3, -0.25) is 0 Å². The molecule has 5 heteroatoms. The third kappa shape index (κ3) is 8.84. The Morgan fingerprint density at radius 1 is 0.750 bits per heavy atom. The Kier molecular flexibility index (Phi) is 11.9. The Hall–Kier alpha value is -2.82. The van der Waals surface area contributed by atoms with Crippen molar-refractivity contribution in [1.29, 1.82) is 0 Å². The zero-order valence-electron chi connectivity index (χ0n) is 24.7. The summed E-state index contributed by atoms with van der Waals surface area (Å²) in [5.41, 5.74) is 6.40. The lowest BCUT2D eigenvalue weighted by Crippen LogP contribution is -2.23. The summed E-state index contributed by atoms with van der Waals surface area (Å²) < 4.78 is 8.46. The zero-order valence-corrected chi connectivity index (χ0v) is 25.4. The van der Waals surface area contributed by atoms with Crippen LogP contribution in [0.15, 0.2) is 66.7 Å². The van der Waals surface area contributed by atoms with Crippen LogP contribution >= 0.6 is 11.6 Å². The number of rotatable bonds is 17. The Labute approximate surface area is 246 Å². The average molecular weight is 560 g/mol. The van der Waals surface area contributed by atoms with Crippen LogP contribution in [0.3, 0.4) is 0 Å². The SMILES string of the molecule is CCCCn1c(CCc2ccc(OCCc3ccc(Cl)cc3)cc2)nc2ccc(CCCCN(CC)CC)cc21. The highest BCUT2D eigenvalue weighted by molar-refractivity contribution is 6.30. The molecule has 0 amide bonds. The molecule has 40 heavy (non-hydrogen) atoms. The normalized spacial score (nSPS) is 11.5. The maximum Gasteiger partial charge on any atom is 0.119 e. The van der Waals surface area contributed by atoms with E-state index in [1.165, 1.54) is 60.3 Å². The minimum absolute atomic E-state index is 0.653. The summed E-state index contributed by atoms with van der Waals surface area (Å²) in [6, 6.07) is 23.4. The van der Waals surface area contributed by atoms with Crippen LogP contribution in [0.5, 0.6) is 5.75 Å². The molecule has 0 aliphatic carbocycles. The molecule has 0 aliphatic heterocycles. The van der Waals surface area contributed by atoms with E-state index in [2.05, 4.69) is 84.8 Å². The number of halogens is 1. The molecule has 4 nitrogen and oxygen atoms in total. The molecule has 0 saturated heterocycles. The summed E-state index contributed by atoms with van der Waals surface area (Å²) in [7, 11) is 0. The highest BCUT2D eigenvalue weighted by Crippen LogP contribution is 2.22. The molecule has 0 fully saturated rings. The predicted octanol–water partition coefficient (Wildman–Crippen LogP) is 8.56. The van der Waals surface area contributed by atoms with Crippen LogP contribution in [-0.4, -0.2) is 40.7 Å². The molecule has 0 bridgehead atoms. The standard InChI is InChI=1S/C35H46ClN3O/c1-4-7-25-39-34-27-30(10-8-9-24-38(5-2)6-3)15-21-33(34)37-35(39)22-16-28-13-19-32(20-14-28)40-26-23-29-11-17-31(36)18-12-29/h11-15,17-21,27H,4-10,16,22-26H2,1-3H3. The van der Waals surface area contributed by atoms with Crippen molar-refractivity contribution in [2.45, 2.75) is 78.7 Å². The van der Waals surface area contributed by atoms with Crippen LogP contribution in [0.4, 0.5) is 0 Å². The number of nitrogens with zero attached hydrogens (tertiary/aromatic N) is 3. The zero-order chi connectivity index (χ0) is 28.2. The first kappa shape index (κ1) is 30.1. The van der Waals surface area contributed by atoms with Crippen LogP contribution in [0, 0.1) is 0 Å². The van der Waals surface area contributed by atoms with Crippen LogP contribution in [0.2, 0.25) is 5.02 Å². The van der Waals surface area contributed by atoms with Crippen molar-refractivity contribution in [1.82, 2.24) is 14.5 Å². The topological polar surface area (TPSA) is 30.3 Å². The Morgan fingerprint density at radius 3 is 2.17 bits per heavy atom. The number of hydrogen-bond donors (Lipinski definition) is 0. The third-order valence-corrected chi connectivity index (χ3v) is 8.10. The van der Waals surface area contributed by atoms with E-state index < -0.39 is 0 Å². The van der Waals surface area contributed by atoms with Crippen molar-refractivity contribution in [3.63, 3.8) is 0 Å². The number of hydrogen-bond acceptors (Lipinski definition) is 3. The maximum absolute atomic E-state index is 5.98. The second-order valence-corrected chi connectivity index (χ2v) is 11.1. The van der Waals surface area contributed by atoms with E-state index in [1.54, 1.807) is 0 Å². The fraction of sp³-hybridized carbons (Fsp3) is 0.457. The number of aromatic nitrogens is 2. The van der Waals surface area contributed by atoms with Crippen LogP contribution < -0.4 is 4.74 Å². The van der Waals surface area contributed by atoms with E-state index in [0.717, 1.165) is 61.6 Å². The Morgan fingerprint density at radius 2 is 1.45 bits per heavy atom. The van der Waals surface area contributed by atoms with Crippen molar-refractivity contribution >= 4 is 22.6 Å². The van der Waals surface area contributed by atoms with Gasteiger partial charge in [-0.1, -0.05) is 69.1 Å². The summed E-state index contributed by atoms with van der Waals surface area (Å²) in [5, 5.41) is 0.767. The Balaban J connectivity index is 1.34. The molecule has 1 heterocycles. The first-order valence-corrected chi connectivity index (χ1v) is 15.6. The predicted molar refractivity (Wildman–Crippen MR) is 170 cm³/mol. The minimum Gasteiger partial charge on any atom is -0.493 e. The molecule has 0 unspecified atom stereocenters. The van der Waals surface area contributed by atoms with Crippen LogP contribution in [-0.2, 0) is 32.2 Å². The molecule has 1 aromatic heterocycles. The van der Waals surface area contributed by atoms with E-state index >= 15 is 0 Å². The molecule has 3 aromatic carbocycles. The maximum atomic E-state index is 5.98. The van der Waals surface area contributed by atoms with Gasteiger partial charge in [0.05, 0.1) is 17.6 Å². The van der Waals surface area contributed by atoms with Gasteiger partial charge in [-0.25, -0.2) is 4.98 Å². The van der Waals surface area contributed by atoms with Gasteiger partial charge in [0.1, 0.15) is 11.6 Å². The lowest BCUT2D eigenvalue weighted by atomic mass is 10.1. The average Bonchev–Trinajstić information content (AvgIpc) is 3.33. The summed E-state index contributed by atoms with van der Waals surface area (Å²) in [6.45, 7) is 11.9. The van der Waals surface area contributed by atoms with Gasteiger partial charge >= 0.3 is 0 Å². The van der Waals surface area contributed by atoms with Gasteiger partial charge in [-0.2, -0.15) is 0 Å². The molecule has 0 atom stereocenters. The fourth-order valence-corrected chi connectivity index (χ4v) is 5.41. The molecule has 214 valence electrons. The summed E-state index contributed by atoms with van der Waals surface area (Å²) >= 11 is 5.98. The van der Waals surface area contributed by atoms with Crippen molar-refractivity contribution < 1.29 is 4.74 Å². The number of imidazole rings is 1. The lowest BCUT2D eigenvalue weighted by Gasteiger charge is -2.17. The molecule has 0 aliphatic rings. The third-order valence-electron chi connectivity index (χ3n) is 7.84. The van der Waals surface area contributed by atoms with E-state index in [4.69, 9.17) is 21.3 Å². The van der Waals surface area contributed by atoms with Crippen molar-refractivity contribution in [3.8, 4) is 5.75 Å². The molecular weight excluding hydrogens is 514 g/mol. The van der Waals surface area contributed by atoms with Gasteiger partial charge in [-0.05, 0) is 105 Å². The monoisotopic (exact) mass is 559 g/mol. The van der Waals surface area contributed by atoms with Crippen LogP contribution in [0.1, 0.15) is 69.0 Å². The van der Waals surface area contributed by atoms with Crippen molar-refractivity contribution in [2.75, 3.05) is 26.2 Å². The van der Waals surface area contributed by atoms with Gasteiger partial charge in [-0.15, -0.1) is 0 Å². The quantitative estimate of drug-likeness (QED) is 0.121. The largest absolute Gasteiger partial charge is 0.493 e. The number of unbranched alkanes of at least 4 members (excludes halogenated alkanes) is 2. The van der Waals surface area contributed by atoms with Gasteiger partial charge in [0.15, 0.2) is 0 Å². The number of ether oxygens (including phenoxy) is 1. The van der Waals surface area contributed by atoms with Crippen molar-refractivity contribution in [2.24, 2.45) is 0 Å². The second-order valence-electron chi connectivity index (χ2n) is 10.7. The molecule has 0 N–H and O–H groups in total. The van der Waals surface area contributed by atoms with Gasteiger partial charge < -0.3 is 14.2 Å². The molecule has 4 aromatic rings. The molecule has 4 rings (SSSR count). The Bertz CT molecular complexity index is 1290. The smallest absolute Gasteiger partial charge is 0.119 e. The number of fused-ring (bicyclic) bond motifs is 1. The fourth-order valence-electron chi connectivity index (χ4n) is 5.28. The highest BCUT2D eigenvalue weighted by atomic mass is 35.5. The highest BCUT2D eigenvalue weighted by Gasteiger charge is 2.12. The van der Waals surface area contributed by atoms with E-state index in [9.17, 15) is 0 Å². The van der Waals surface area contributed by atoms with Crippen LogP contribution in [0.25, 0.3) is 11.0 Å². The lowest BCUT2D eigenvalue weighted by molar-refractivity contribution is 0.297. The molecule has 0 spiro atoms. The van der Waals surface area contributed by atoms with Crippen molar-refractivity contribution in [3.05, 3.63) is 94.3 Å². The van der Waals surface area contributed by atoms with Gasteiger partial charge in [0, 0.05) is 24.4 Å². The summed E-state index contributed by atoms with van der Waals surface area (Å²) in [6.07, 6.45) is 8.76. The first-order chi connectivity index (χ1) is 19.6. The van der Waals surface area contributed by atoms with E-state index in [1.807, 2.05) is 12.1 Å². The number of aryl methyl sites for hydroxylation is 4. The van der Waals surface area contributed by atoms with E-state index in [-0.39, 0.29) is 0 Å². The van der Waals surface area contributed by atoms with E-state index in [0.29, 0.717) is 6.61 Å². The minimum atomic E-state index is 0.653. The van der Waals surface area contributed by atoms with Gasteiger partial charge in [0.2, 0.25) is 0 Å². The second kappa shape index (κ2) is 15.8. The van der Waals surface area contributed by atoms with Gasteiger partial charge in [0.25, 0.3) is 0 Å². The number of benzene rings is 3. The first-order valence-electron chi connectivity index (χ1n) is 15.3. The molecule has 0 radical (unpaired) electrons. The molecular formula is C35H46ClN3O.